The van der Waals surface area contributed by atoms with E-state index in [1.165, 1.54) is 6.42 Å². The van der Waals surface area contributed by atoms with Gasteiger partial charge in [-0.3, -0.25) is 4.79 Å². The highest BCUT2D eigenvalue weighted by Gasteiger charge is 2.21. The first kappa shape index (κ1) is 15.8. The summed E-state index contributed by atoms with van der Waals surface area (Å²) in [5.41, 5.74) is 1.78. The molecule has 1 fully saturated rings. The summed E-state index contributed by atoms with van der Waals surface area (Å²) in [6.45, 7) is 5.60. The molecule has 1 saturated heterocycles. The quantitative estimate of drug-likeness (QED) is 0.846. The van der Waals surface area contributed by atoms with Crippen molar-refractivity contribution in [3.63, 3.8) is 0 Å². The van der Waals surface area contributed by atoms with E-state index in [1.54, 1.807) is 0 Å². The molecule has 1 aliphatic heterocycles. The minimum absolute atomic E-state index is 0.0156. The second kappa shape index (κ2) is 8.03. The Labute approximate surface area is 127 Å². The fourth-order valence-electron chi connectivity index (χ4n) is 2.75. The maximum absolute atomic E-state index is 11.7. The molecule has 2 rings (SSSR count). The molecular weight excluding hydrogens is 264 g/mol. The maximum Gasteiger partial charge on any atom is 0.251 e. The molecule has 1 heterocycles. The van der Waals surface area contributed by atoms with Gasteiger partial charge in [-0.15, -0.1) is 0 Å². The highest BCUT2D eigenvalue weighted by molar-refractivity contribution is 5.94. The molecule has 116 valence electrons. The lowest BCUT2D eigenvalue weighted by Crippen LogP contribution is -2.34. The molecule has 2 unspecified atom stereocenters. The van der Waals surface area contributed by atoms with Crippen molar-refractivity contribution in [2.24, 2.45) is 0 Å². The Hall–Kier alpha value is -1.55. The molecule has 0 bridgehead atoms. The van der Waals surface area contributed by atoms with Gasteiger partial charge in [0.25, 0.3) is 5.91 Å². The van der Waals surface area contributed by atoms with Crippen LogP contribution in [0.5, 0.6) is 0 Å². The molecule has 1 amide bonds. The number of benzene rings is 1. The first-order valence-electron chi connectivity index (χ1n) is 7.99. The highest BCUT2D eigenvalue weighted by Crippen LogP contribution is 2.21. The maximum atomic E-state index is 11.7. The van der Waals surface area contributed by atoms with E-state index in [2.05, 4.69) is 17.6 Å². The number of hydrogen-bond donors (Lipinski definition) is 2. The molecule has 0 aliphatic carbocycles. The predicted octanol–water partition coefficient (Wildman–Crippen LogP) is 3.20. The topological polar surface area (TPSA) is 50.4 Å². The van der Waals surface area contributed by atoms with Gasteiger partial charge < -0.3 is 15.4 Å². The molecule has 4 heteroatoms. The molecule has 1 aliphatic rings. The van der Waals surface area contributed by atoms with Crippen LogP contribution >= 0.6 is 0 Å². The van der Waals surface area contributed by atoms with E-state index in [0.717, 1.165) is 31.6 Å². The summed E-state index contributed by atoms with van der Waals surface area (Å²) in [6, 6.07) is 8.17. The summed E-state index contributed by atoms with van der Waals surface area (Å²) >= 11 is 0. The van der Waals surface area contributed by atoms with Gasteiger partial charge in [-0.25, -0.2) is 0 Å². The minimum Gasteiger partial charge on any atom is -0.382 e. The van der Waals surface area contributed by atoms with Crippen molar-refractivity contribution in [2.45, 2.75) is 51.7 Å². The number of rotatable bonds is 6. The molecule has 2 atom stereocenters. The largest absolute Gasteiger partial charge is 0.382 e. The molecule has 0 radical (unpaired) electrons. The zero-order chi connectivity index (χ0) is 15.1. The van der Waals surface area contributed by atoms with E-state index >= 15 is 0 Å². The van der Waals surface area contributed by atoms with Crippen molar-refractivity contribution in [2.75, 3.05) is 18.5 Å². The van der Waals surface area contributed by atoms with Crippen LogP contribution in [-0.2, 0) is 4.74 Å². The normalized spacial score (nSPS) is 21.8. The first-order valence-corrected chi connectivity index (χ1v) is 7.99. The fraction of sp³-hybridized carbons (Fsp3) is 0.588. The van der Waals surface area contributed by atoms with Gasteiger partial charge in [-0.2, -0.15) is 0 Å². The van der Waals surface area contributed by atoms with E-state index in [1.807, 2.05) is 31.2 Å². The smallest absolute Gasteiger partial charge is 0.251 e. The van der Waals surface area contributed by atoms with Crippen LogP contribution in [0.15, 0.2) is 24.3 Å². The Balaban J connectivity index is 1.89. The Bertz CT molecular complexity index is 443. The summed E-state index contributed by atoms with van der Waals surface area (Å²) in [6.07, 6.45) is 4.78. The number of carbonyl (C=O) groups is 1. The van der Waals surface area contributed by atoms with Gasteiger partial charge >= 0.3 is 0 Å². The van der Waals surface area contributed by atoms with Crippen molar-refractivity contribution in [3.05, 3.63) is 29.8 Å². The standard InChI is InChI=1S/C17H26N2O2/c1-3-5-16-12-15(10-11-21-16)19-14-8-6-13(7-9-14)17(20)18-4-2/h6-9,15-16,19H,3-5,10-12H2,1-2H3,(H,18,20). The average molecular weight is 290 g/mol. The summed E-state index contributed by atoms with van der Waals surface area (Å²) in [4.78, 5) is 11.7. The molecule has 0 saturated carbocycles. The van der Waals surface area contributed by atoms with Gasteiger partial charge in [0.2, 0.25) is 0 Å². The number of nitrogens with one attached hydrogen (secondary N) is 2. The number of carbonyl (C=O) groups excluding carboxylic acids is 1. The van der Waals surface area contributed by atoms with Crippen LogP contribution in [0.3, 0.4) is 0 Å². The van der Waals surface area contributed by atoms with Crippen LogP contribution in [0.1, 0.15) is 49.9 Å². The second-order valence-electron chi connectivity index (χ2n) is 5.58. The third kappa shape index (κ3) is 4.74. The van der Waals surface area contributed by atoms with Crippen molar-refractivity contribution in [3.8, 4) is 0 Å². The zero-order valence-corrected chi connectivity index (χ0v) is 13.0. The van der Waals surface area contributed by atoms with Crippen LogP contribution < -0.4 is 10.6 Å². The van der Waals surface area contributed by atoms with Crippen LogP contribution in [0.25, 0.3) is 0 Å². The third-order valence-corrected chi connectivity index (χ3v) is 3.83. The van der Waals surface area contributed by atoms with Crippen molar-refractivity contribution in [1.82, 2.24) is 5.32 Å². The molecule has 0 spiro atoms. The van der Waals surface area contributed by atoms with Gasteiger partial charge in [0.05, 0.1) is 6.10 Å². The fourth-order valence-corrected chi connectivity index (χ4v) is 2.75. The monoisotopic (exact) mass is 290 g/mol. The molecular formula is C17H26N2O2. The number of ether oxygens (including phenoxy) is 1. The van der Waals surface area contributed by atoms with Gasteiger partial charge in [-0.05, 0) is 50.5 Å². The predicted molar refractivity (Wildman–Crippen MR) is 85.7 cm³/mol. The summed E-state index contributed by atoms with van der Waals surface area (Å²) in [5.74, 6) is -0.0156. The Kier molecular flexibility index (Phi) is 6.05. The average Bonchev–Trinajstić information content (AvgIpc) is 2.49. The van der Waals surface area contributed by atoms with Gasteiger partial charge in [0, 0.05) is 30.4 Å². The lowest BCUT2D eigenvalue weighted by Gasteiger charge is -2.30. The van der Waals surface area contributed by atoms with E-state index in [0.29, 0.717) is 24.3 Å². The van der Waals surface area contributed by atoms with Crippen molar-refractivity contribution < 1.29 is 9.53 Å². The zero-order valence-electron chi connectivity index (χ0n) is 13.0. The van der Waals surface area contributed by atoms with Crippen molar-refractivity contribution >= 4 is 11.6 Å². The Morgan fingerprint density at radius 2 is 2.05 bits per heavy atom. The molecule has 1 aromatic rings. The van der Waals surface area contributed by atoms with Gasteiger partial charge in [0.15, 0.2) is 0 Å². The third-order valence-electron chi connectivity index (χ3n) is 3.83. The van der Waals surface area contributed by atoms with Crippen LogP contribution in [0, 0.1) is 0 Å². The number of amides is 1. The summed E-state index contributed by atoms with van der Waals surface area (Å²) in [5, 5.41) is 6.36. The van der Waals surface area contributed by atoms with Crippen molar-refractivity contribution in [1.29, 1.82) is 0 Å². The molecule has 2 N–H and O–H groups in total. The number of hydrogen-bond acceptors (Lipinski definition) is 3. The SMILES string of the molecule is CCCC1CC(Nc2ccc(C(=O)NCC)cc2)CCO1. The Morgan fingerprint density at radius 3 is 2.71 bits per heavy atom. The highest BCUT2D eigenvalue weighted by atomic mass is 16.5. The molecule has 21 heavy (non-hydrogen) atoms. The van der Waals surface area contributed by atoms with E-state index in [4.69, 9.17) is 4.74 Å². The second-order valence-corrected chi connectivity index (χ2v) is 5.58. The minimum atomic E-state index is -0.0156. The van der Waals surface area contributed by atoms with Crippen LogP contribution in [-0.4, -0.2) is 31.2 Å². The van der Waals surface area contributed by atoms with Gasteiger partial charge in [0.1, 0.15) is 0 Å². The first-order chi connectivity index (χ1) is 10.2. The number of anilines is 1. The molecule has 1 aromatic carbocycles. The lowest BCUT2D eigenvalue weighted by molar-refractivity contribution is 0.00598. The lowest BCUT2D eigenvalue weighted by atomic mass is 10.00. The van der Waals surface area contributed by atoms with E-state index in [9.17, 15) is 4.79 Å². The Morgan fingerprint density at radius 1 is 1.29 bits per heavy atom. The summed E-state index contributed by atoms with van der Waals surface area (Å²) in [7, 11) is 0. The van der Waals surface area contributed by atoms with Crippen LogP contribution in [0.2, 0.25) is 0 Å². The molecule has 0 aromatic heterocycles. The van der Waals surface area contributed by atoms with Crippen LogP contribution in [0.4, 0.5) is 5.69 Å². The molecule has 4 nitrogen and oxygen atoms in total. The van der Waals surface area contributed by atoms with Gasteiger partial charge in [-0.1, -0.05) is 13.3 Å². The van der Waals surface area contributed by atoms with E-state index < -0.39 is 0 Å². The summed E-state index contributed by atoms with van der Waals surface area (Å²) < 4.78 is 5.77. The van der Waals surface area contributed by atoms with E-state index in [-0.39, 0.29) is 5.91 Å².